The molecule has 2 aliphatic heterocycles. The summed E-state index contributed by atoms with van der Waals surface area (Å²) in [7, 11) is 2.11. The fourth-order valence-electron chi connectivity index (χ4n) is 2.41. The molecule has 0 bridgehead atoms. The summed E-state index contributed by atoms with van der Waals surface area (Å²) in [6.45, 7) is 3.37. The van der Waals surface area contributed by atoms with Crippen LogP contribution in [0.3, 0.4) is 0 Å². The van der Waals surface area contributed by atoms with Gasteiger partial charge in [0.2, 0.25) is 0 Å². The lowest BCUT2D eigenvalue weighted by Crippen LogP contribution is -2.49. The molecule has 0 aromatic heterocycles. The summed E-state index contributed by atoms with van der Waals surface area (Å²) in [5.74, 6) is 0. The first-order valence-corrected chi connectivity index (χ1v) is 5.47. The molecule has 14 heavy (non-hydrogen) atoms. The molecule has 2 atom stereocenters. The van der Waals surface area contributed by atoms with Crippen LogP contribution in [0.1, 0.15) is 12.8 Å². The summed E-state index contributed by atoms with van der Waals surface area (Å²) in [6.07, 6.45) is 2.06. The van der Waals surface area contributed by atoms with Gasteiger partial charge < -0.3 is 15.2 Å². The summed E-state index contributed by atoms with van der Waals surface area (Å²) in [5, 5.41) is 13.1. The van der Waals surface area contributed by atoms with Crippen LogP contribution in [0.25, 0.3) is 0 Å². The van der Waals surface area contributed by atoms with E-state index in [1.807, 2.05) is 0 Å². The monoisotopic (exact) mass is 200 g/mol. The minimum absolute atomic E-state index is 0.207. The maximum atomic E-state index is 9.71. The van der Waals surface area contributed by atoms with Crippen LogP contribution in [0.4, 0.5) is 0 Å². The molecule has 2 N–H and O–H groups in total. The predicted octanol–water partition coefficient (Wildman–Crippen LogP) is -0.570. The van der Waals surface area contributed by atoms with E-state index in [-0.39, 0.29) is 12.1 Å². The van der Waals surface area contributed by atoms with Gasteiger partial charge in [0.1, 0.15) is 0 Å². The van der Waals surface area contributed by atoms with E-state index in [2.05, 4.69) is 17.3 Å². The van der Waals surface area contributed by atoms with Gasteiger partial charge in [-0.05, 0) is 33.0 Å². The van der Waals surface area contributed by atoms with Crippen LogP contribution in [-0.4, -0.2) is 61.5 Å². The van der Waals surface area contributed by atoms with Crippen LogP contribution >= 0.6 is 0 Å². The maximum absolute atomic E-state index is 9.71. The molecule has 82 valence electrons. The molecule has 2 saturated heterocycles. The first kappa shape index (κ1) is 10.4. The fourth-order valence-corrected chi connectivity index (χ4v) is 2.41. The van der Waals surface area contributed by atoms with Crippen LogP contribution in [0, 0.1) is 0 Å². The molecule has 2 heterocycles. The van der Waals surface area contributed by atoms with Gasteiger partial charge in [-0.15, -0.1) is 0 Å². The van der Waals surface area contributed by atoms with Gasteiger partial charge in [0.15, 0.2) is 0 Å². The van der Waals surface area contributed by atoms with Crippen LogP contribution in [0.2, 0.25) is 0 Å². The van der Waals surface area contributed by atoms with Gasteiger partial charge in [0, 0.05) is 6.04 Å². The van der Waals surface area contributed by atoms with Gasteiger partial charge in [-0.3, -0.25) is 4.90 Å². The third kappa shape index (κ3) is 2.08. The number of hydrogen-bond donors (Lipinski definition) is 2. The first-order chi connectivity index (χ1) is 6.79. The van der Waals surface area contributed by atoms with Crippen molar-refractivity contribution in [3.8, 4) is 0 Å². The van der Waals surface area contributed by atoms with Gasteiger partial charge in [-0.2, -0.15) is 0 Å². The van der Waals surface area contributed by atoms with Crippen molar-refractivity contribution >= 4 is 0 Å². The molecular formula is C10H20N2O2. The molecule has 2 aliphatic rings. The normalized spacial score (nSPS) is 35.4. The summed E-state index contributed by atoms with van der Waals surface area (Å²) in [5.41, 5.74) is 0. The minimum Gasteiger partial charge on any atom is -0.389 e. The Morgan fingerprint density at radius 1 is 1.29 bits per heavy atom. The van der Waals surface area contributed by atoms with Crippen molar-refractivity contribution in [3.05, 3.63) is 0 Å². The van der Waals surface area contributed by atoms with E-state index < -0.39 is 0 Å². The van der Waals surface area contributed by atoms with E-state index in [0.717, 1.165) is 13.1 Å². The average molecular weight is 200 g/mol. The van der Waals surface area contributed by atoms with Gasteiger partial charge >= 0.3 is 0 Å². The summed E-state index contributed by atoms with van der Waals surface area (Å²) in [4.78, 5) is 2.30. The summed E-state index contributed by atoms with van der Waals surface area (Å²) < 4.78 is 5.27. The third-order valence-electron chi connectivity index (χ3n) is 3.43. The van der Waals surface area contributed by atoms with Crippen LogP contribution in [0.15, 0.2) is 0 Å². The number of nitrogens with one attached hydrogen (secondary N) is 1. The molecule has 0 spiro atoms. The molecule has 2 rings (SSSR count). The molecule has 4 nitrogen and oxygen atoms in total. The molecule has 2 unspecified atom stereocenters. The molecule has 4 heteroatoms. The number of likely N-dealkylation sites (N-methyl/N-ethyl adjacent to an activating group) is 1. The van der Waals surface area contributed by atoms with Gasteiger partial charge in [0.25, 0.3) is 0 Å². The van der Waals surface area contributed by atoms with Crippen molar-refractivity contribution < 1.29 is 9.84 Å². The Balaban J connectivity index is 1.89. The zero-order chi connectivity index (χ0) is 9.97. The number of aliphatic hydroxyl groups excluding tert-OH is 1. The predicted molar refractivity (Wildman–Crippen MR) is 54.3 cm³/mol. The lowest BCUT2D eigenvalue weighted by atomic mass is 10.0. The Morgan fingerprint density at radius 2 is 2.00 bits per heavy atom. The zero-order valence-corrected chi connectivity index (χ0v) is 8.78. The molecule has 0 radical (unpaired) electrons. The second-order valence-corrected chi connectivity index (χ2v) is 4.32. The minimum atomic E-state index is -0.296. The Kier molecular flexibility index (Phi) is 3.38. The lowest BCUT2D eigenvalue weighted by molar-refractivity contribution is 0.0629. The van der Waals surface area contributed by atoms with E-state index in [1.165, 1.54) is 12.8 Å². The Morgan fingerprint density at radius 3 is 2.57 bits per heavy atom. The van der Waals surface area contributed by atoms with E-state index in [0.29, 0.717) is 19.3 Å². The van der Waals surface area contributed by atoms with E-state index >= 15 is 0 Å². The quantitative estimate of drug-likeness (QED) is 0.626. The molecule has 0 saturated carbocycles. The topological polar surface area (TPSA) is 44.7 Å². The highest BCUT2D eigenvalue weighted by atomic mass is 16.5. The molecule has 0 aliphatic carbocycles. The number of aliphatic hydroxyl groups is 1. The highest BCUT2D eigenvalue weighted by Gasteiger charge is 2.33. The van der Waals surface area contributed by atoms with Crippen LogP contribution < -0.4 is 5.32 Å². The summed E-state index contributed by atoms with van der Waals surface area (Å²) in [6, 6.07) is 0.815. The maximum Gasteiger partial charge on any atom is 0.0950 e. The van der Waals surface area contributed by atoms with Gasteiger partial charge in [0.05, 0.1) is 25.4 Å². The Labute approximate surface area is 85.2 Å². The molecule has 2 fully saturated rings. The molecular weight excluding hydrogens is 180 g/mol. The standard InChI is InChI=1S/C10H20N2O2/c1-12(8-2-4-11-5-3-8)9-6-14-7-10(9)13/h8-11,13H,2-7H2,1H3. The van der Waals surface area contributed by atoms with Gasteiger partial charge in [-0.1, -0.05) is 0 Å². The fraction of sp³-hybridized carbons (Fsp3) is 1.00. The van der Waals surface area contributed by atoms with Crippen LogP contribution in [0.5, 0.6) is 0 Å². The van der Waals surface area contributed by atoms with Crippen molar-refractivity contribution in [2.24, 2.45) is 0 Å². The Hall–Kier alpha value is -0.160. The van der Waals surface area contributed by atoms with Crippen molar-refractivity contribution in [1.82, 2.24) is 10.2 Å². The highest BCUT2D eigenvalue weighted by Crippen LogP contribution is 2.18. The van der Waals surface area contributed by atoms with Crippen molar-refractivity contribution in [1.29, 1.82) is 0 Å². The number of nitrogens with zero attached hydrogens (tertiary/aromatic N) is 1. The Bertz CT molecular complexity index is 183. The average Bonchev–Trinajstić information content (AvgIpc) is 2.65. The molecule has 0 aromatic rings. The van der Waals surface area contributed by atoms with E-state index in [1.54, 1.807) is 0 Å². The lowest BCUT2D eigenvalue weighted by Gasteiger charge is -2.36. The second-order valence-electron chi connectivity index (χ2n) is 4.32. The number of hydrogen-bond acceptors (Lipinski definition) is 4. The summed E-state index contributed by atoms with van der Waals surface area (Å²) >= 11 is 0. The number of ether oxygens (including phenoxy) is 1. The van der Waals surface area contributed by atoms with E-state index in [4.69, 9.17) is 4.74 Å². The second kappa shape index (κ2) is 4.57. The smallest absolute Gasteiger partial charge is 0.0950 e. The molecule has 0 aromatic carbocycles. The highest BCUT2D eigenvalue weighted by molar-refractivity contribution is 4.87. The van der Waals surface area contributed by atoms with Gasteiger partial charge in [-0.25, -0.2) is 0 Å². The third-order valence-corrected chi connectivity index (χ3v) is 3.43. The zero-order valence-electron chi connectivity index (χ0n) is 8.78. The van der Waals surface area contributed by atoms with Crippen molar-refractivity contribution in [2.75, 3.05) is 33.4 Å². The van der Waals surface area contributed by atoms with Crippen molar-refractivity contribution in [2.45, 2.75) is 31.0 Å². The SMILES string of the molecule is CN(C1CCNCC1)C1COCC1O. The largest absolute Gasteiger partial charge is 0.389 e. The number of rotatable bonds is 2. The first-order valence-electron chi connectivity index (χ1n) is 5.47. The van der Waals surface area contributed by atoms with E-state index in [9.17, 15) is 5.11 Å². The molecule has 0 amide bonds. The van der Waals surface area contributed by atoms with Crippen molar-refractivity contribution in [3.63, 3.8) is 0 Å². The van der Waals surface area contributed by atoms with Crippen LogP contribution in [-0.2, 0) is 4.74 Å². The number of piperidine rings is 1.